The Labute approximate surface area is 114 Å². The second-order valence-electron chi connectivity index (χ2n) is 4.02. The topological polar surface area (TPSA) is 70.5 Å². The Balaban J connectivity index is 2.21. The molecule has 5 nitrogen and oxygen atoms in total. The summed E-state index contributed by atoms with van der Waals surface area (Å²) in [5.41, 5.74) is 0.983. The molecule has 0 aliphatic carbocycles. The van der Waals surface area contributed by atoms with Gasteiger partial charge in [-0.1, -0.05) is 11.8 Å². The second kappa shape index (κ2) is 6.45. The number of hydrogen-bond donors (Lipinski definition) is 1. The van der Waals surface area contributed by atoms with Gasteiger partial charge in [-0.05, 0) is 6.07 Å². The maximum absolute atomic E-state index is 12.4. The lowest BCUT2D eigenvalue weighted by Gasteiger charge is -2.26. The molecule has 1 N–H and O–H groups in total. The van der Waals surface area contributed by atoms with Crippen molar-refractivity contribution in [3.05, 3.63) is 29.6 Å². The van der Waals surface area contributed by atoms with E-state index in [0.717, 1.165) is 0 Å². The summed E-state index contributed by atoms with van der Waals surface area (Å²) in [7, 11) is -0.811. The van der Waals surface area contributed by atoms with Crippen LogP contribution in [0.3, 0.4) is 0 Å². The van der Waals surface area contributed by atoms with Gasteiger partial charge in [-0.25, -0.2) is 0 Å². The number of aliphatic hydroxyl groups is 1. The molecule has 2 rings (SSSR count). The Bertz CT molecular complexity index is 552. The third-order valence-corrected chi connectivity index (χ3v) is 4.09. The van der Waals surface area contributed by atoms with Crippen molar-refractivity contribution in [1.29, 1.82) is 0 Å². The van der Waals surface area contributed by atoms with Gasteiger partial charge in [0.25, 0.3) is 5.91 Å². The first-order valence-electron chi connectivity index (χ1n) is 5.90. The molecule has 100 valence electrons. The minimum absolute atomic E-state index is 0.124. The first kappa shape index (κ1) is 13.7. The Kier molecular flexibility index (Phi) is 4.66. The molecule has 0 saturated carbocycles. The molecule has 1 amide bonds. The molecule has 1 aromatic heterocycles. The van der Waals surface area contributed by atoms with Crippen molar-refractivity contribution in [3.63, 3.8) is 0 Å². The van der Waals surface area contributed by atoms with Crippen LogP contribution in [0.1, 0.15) is 15.9 Å². The first-order valence-corrected chi connectivity index (χ1v) is 7.39. The molecule has 1 aromatic rings. The van der Waals surface area contributed by atoms with E-state index in [1.165, 1.54) is 6.20 Å². The predicted molar refractivity (Wildman–Crippen MR) is 72.0 cm³/mol. The molecule has 1 saturated heterocycles. The van der Waals surface area contributed by atoms with Crippen LogP contribution in [0, 0.1) is 11.8 Å². The van der Waals surface area contributed by atoms with Crippen molar-refractivity contribution in [2.45, 2.75) is 0 Å². The summed E-state index contributed by atoms with van der Waals surface area (Å²) in [6.45, 7) is 0.743. The molecule has 0 bridgehead atoms. The highest BCUT2D eigenvalue weighted by atomic mass is 32.2. The van der Waals surface area contributed by atoms with E-state index in [-0.39, 0.29) is 12.5 Å². The summed E-state index contributed by atoms with van der Waals surface area (Å²) >= 11 is 0. The fraction of sp³-hybridized carbons (Fsp3) is 0.385. The molecule has 0 unspecified atom stereocenters. The van der Waals surface area contributed by atoms with E-state index >= 15 is 0 Å². The van der Waals surface area contributed by atoms with Gasteiger partial charge in [-0.2, -0.15) is 0 Å². The molecule has 1 fully saturated rings. The van der Waals surface area contributed by atoms with Crippen LogP contribution in [0.2, 0.25) is 0 Å². The summed E-state index contributed by atoms with van der Waals surface area (Å²) in [6, 6.07) is 1.62. The highest BCUT2D eigenvalue weighted by molar-refractivity contribution is 7.85. The molecule has 19 heavy (non-hydrogen) atoms. The van der Waals surface area contributed by atoms with Gasteiger partial charge in [0.05, 0.1) is 11.1 Å². The number of rotatable bonds is 1. The van der Waals surface area contributed by atoms with E-state index in [0.29, 0.717) is 35.7 Å². The maximum Gasteiger partial charge on any atom is 0.255 e. The largest absolute Gasteiger partial charge is 0.384 e. The molecule has 6 heteroatoms. The lowest BCUT2D eigenvalue weighted by atomic mass is 10.1. The van der Waals surface area contributed by atoms with Gasteiger partial charge in [0, 0.05) is 47.8 Å². The molecular weight excluding hydrogens is 264 g/mol. The van der Waals surface area contributed by atoms with Gasteiger partial charge in [-0.15, -0.1) is 0 Å². The van der Waals surface area contributed by atoms with E-state index in [1.54, 1.807) is 17.2 Å². The summed E-state index contributed by atoms with van der Waals surface area (Å²) in [5.74, 6) is 6.16. The fourth-order valence-corrected chi connectivity index (χ4v) is 2.88. The molecule has 1 aliphatic heterocycles. The Morgan fingerprint density at radius 3 is 2.89 bits per heavy atom. The number of pyridine rings is 1. The van der Waals surface area contributed by atoms with E-state index < -0.39 is 10.8 Å². The summed E-state index contributed by atoms with van der Waals surface area (Å²) < 4.78 is 11.3. The molecule has 1 aliphatic rings. The monoisotopic (exact) mass is 278 g/mol. The minimum atomic E-state index is -0.811. The van der Waals surface area contributed by atoms with E-state index in [4.69, 9.17) is 5.11 Å². The highest BCUT2D eigenvalue weighted by Gasteiger charge is 2.22. The van der Waals surface area contributed by atoms with Gasteiger partial charge in [0.1, 0.15) is 6.61 Å². The van der Waals surface area contributed by atoms with E-state index in [9.17, 15) is 9.00 Å². The molecule has 2 heterocycles. The summed E-state index contributed by atoms with van der Waals surface area (Å²) in [4.78, 5) is 18.0. The number of amides is 1. The van der Waals surface area contributed by atoms with Crippen LogP contribution in [0.4, 0.5) is 0 Å². The van der Waals surface area contributed by atoms with Gasteiger partial charge >= 0.3 is 0 Å². The first-order chi connectivity index (χ1) is 9.22. The van der Waals surface area contributed by atoms with Gasteiger partial charge in [0.15, 0.2) is 0 Å². The zero-order valence-electron chi connectivity index (χ0n) is 10.3. The zero-order valence-corrected chi connectivity index (χ0v) is 11.2. The molecule has 0 atom stereocenters. The maximum atomic E-state index is 12.4. The van der Waals surface area contributed by atoms with Crippen molar-refractivity contribution in [2.75, 3.05) is 31.2 Å². The van der Waals surface area contributed by atoms with Crippen LogP contribution < -0.4 is 0 Å². The van der Waals surface area contributed by atoms with Gasteiger partial charge in [-0.3, -0.25) is 14.0 Å². The standard InChI is InChI=1S/C13H14N2O3S/c16-7-1-2-11-10-14-4-3-12(11)13(17)15-5-8-19(18)9-6-15/h3-4,10,16H,5-9H2. The summed E-state index contributed by atoms with van der Waals surface area (Å²) in [5, 5.41) is 8.71. The van der Waals surface area contributed by atoms with Crippen LogP contribution >= 0.6 is 0 Å². The van der Waals surface area contributed by atoms with Crippen molar-refractivity contribution in [3.8, 4) is 11.8 Å². The molecule has 0 spiro atoms. The van der Waals surface area contributed by atoms with Crippen LogP contribution in [0.25, 0.3) is 0 Å². The quantitative estimate of drug-likeness (QED) is 0.712. The average molecular weight is 278 g/mol. The number of carbonyl (C=O) groups is 1. The lowest BCUT2D eigenvalue weighted by Crippen LogP contribution is -2.42. The molecule has 0 radical (unpaired) electrons. The summed E-state index contributed by atoms with van der Waals surface area (Å²) in [6.07, 6.45) is 3.05. The van der Waals surface area contributed by atoms with Crippen LogP contribution in [-0.4, -0.2) is 56.3 Å². The third-order valence-electron chi connectivity index (χ3n) is 2.82. The number of carbonyl (C=O) groups excluding carboxylic acids is 1. The SMILES string of the molecule is O=C(c1ccncc1C#CCO)N1CCS(=O)CC1. The van der Waals surface area contributed by atoms with Crippen LogP contribution in [0.5, 0.6) is 0 Å². The molecule has 0 aromatic carbocycles. The van der Waals surface area contributed by atoms with Crippen LogP contribution in [-0.2, 0) is 10.8 Å². The fourth-order valence-electron chi connectivity index (χ4n) is 1.83. The number of nitrogens with zero attached hydrogens (tertiary/aromatic N) is 2. The van der Waals surface area contributed by atoms with E-state index in [2.05, 4.69) is 16.8 Å². The van der Waals surface area contributed by atoms with Crippen molar-refractivity contribution >= 4 is 16.7 Å². The highest BCUT2D eigenvalue weighted by Crippen LogP contribution is 2.11. The predicted octanol–water partition coefficient (Wildman–Crippen LogP) is -0.370. The Morgan fingerprint density at radius 2 is 2.21 bits per heavy atom. The van der Waals surface area contributed by atoms with Crippen molar-refractivity contribution in [2.24, 2.45) is 0 Å². The third kappa shape index (κ3) is 3.40. The van der Waals surface area contributed by atoms with Crippen molar-refractivity contribution < 1.29 is 14.1 Å². The van der Waals surface area contributed by atoms with Gasteiger partial charge < -0.3 is 10.0 Å². The molecular formula is C13H14N2O3S. The normalized spacial score (nSPS) is 15.7. The van der Waals surface area contributed by atoms with Crippen molar-refractivity contribution in [1.82, 2.24) is 9.88 Å². The van der Waals surface area contributed by atoms with E-state index in [1.807, 2.05) is 0 Å². The second-order valence-corrected chi connectivity index (χ2v) is 5.72. The zero-order chi connectivity index (χ0) is 13.7. The van der Waals surface area contributed by atoms with Gasteiger partial charge in [0.2, 0.25) is 0 Å². The number of hydrogen-bond acceptors (Lipinski definition) is 4. The number of aromatic nitrogens is 1. The smallest absolute Gasteiger partial charge is 0.255 e. The average Bonchev–Trinajstić information content (AvgIpc) is 2.45. The lowest BCUT2D eigenvalue weighted by molar-refractivity contribution is 0.0771. The van der Waals surface area contributed by atoms with Crippen LogP contribution in [0.15, 0.2) is 18.5 Å². The number of aliphatic hydroxyl groups excluding tert-OH is 1. The Hall–Kier alpha value is -1.71. The minimum Gasteiger partial charge on any atom is -0.384 e. The Morgan fingerprint density at radius 1 is 1.47 bits per heavy atom.